The maximum absolute atomic E-state index is 12.6. The monoisotopic (exact) mass is 275 g/mol. The van der Waals surface area contributed by atoms with Crippen LogP contribution in [0.1, 0.15) is 46.0 Å². The molecule has 1 aliphatic carbocycles. The molecular weight excluding hydrogens is 250 g/mol. The van der Waals surface area contributed by atoms with Crippen molar-refractivity contribution in [3.63, 3.8) is 0 Å². The molecule has 2 aliphatic rings. The van der Waals surface area contributed by atoms with E-state index in [1.807, 2.05) is 6.92 Å². The van der Waals surface area contributed by atoms with Crippen molar-refractivity contribution in [2.24, 2.45) is 0 Å². The first-order valence-electron chi connectivity index (χ1n) is 7.13. The van der Waals surface area contributed by atoms with Crippen molar-refractivity contribution in [2.45, 2.75) is 68.6 Å². The quantitative estimate of drug-likeness (QED) is 0.845. The summed E-state index contributed by atoms with van der Waals surface area (Å²) in [6.45, 7) is 5.47. The van der Waals surface area contributed by atoms with E-state index in [0.717, 1.165) is 32.2 Å². The molecule has 1 N–H and O–H groups in total. The highest BCUT2D eigenvalue weighted by Crippen LogP contribution is 2.31. The largest absolute Gasteiger partial charge is 0.377 e. The van der Waals surface area contributed by atoms with Crippen LogP contribution in [0.4, 0.5) is 0 Å². The van der Waals surface area contributed by atoms with Gasteiger partial charge < -0.3 is 10.1 Å². The second-order valence-electron chi connectivity index (χ2n) is 5.54. The third-order valence-electron chi connectivity index (χ3n) is 4.31. The molecule has 0 aromatic heterocycles. The first-order valence-corrected chi connectivity index (χ1v) is 8.74. The molecule has 0 spiro atoms. The Morgan fingerprint density at radius 1 is 1.28 bits per heavy atom. The van der Waals surface area contributed by atoms with Crippen LogP contribution in [0, 0.1) is 0 Å². The molecule has 4 atom stereocenters. The molecule has 1 saturated carbocycles. The predicted octanol–water partition coefficient (Wildman–Crippen LogP) is 1.50. The summed E-state index contributed by atoms with van der Waals surface area (Å²) in [5.74, 6) is 0. The van der Waals surface area contributed by atoms with Gasteiger partial charge in [0.25, 0.3) is 0 Å². The minimum absolute atomic E-state index is 0.130. The standard InChI is InChI=1S/C13H25NO3S/c1-3-14-11-5-4-6-12(9-11)18(15,16)13-7-8-17-10(13)2/h10-14H,3-9H2,1-2H3. The maximum atomic E-state index is 12.6. The van der Waals surface area contributed by atoms with E-state index in [-0.39, 0.29) is 16.6 Å². The lowest BCUT2D eigenvalue weighted by atomic mass is 9.95. The summed E-state index contributed by atoms with van der Waals surface area (Å²) >= 11 is 0. The Kier molecular flexibility index (Phi) is 4.67. The molecule has 1 saturated heterocycles. The van der Waals surface area contributed by atoms with E-state index in [1.165, 1.54) is 0 Å². The van der Waals surface area contributed by atoms with E-state index < -0.39 is 9.84 Å². The van der Waals surface area contributed by atoms with E-state index in [4.69, 9.17) is 4.74 Å². The summed E-state index contributed by atoms with van der Waals surface area (Å²) in [4.78, 5) is 0. The van der Waals surface area contributed by atoms with Gasteiger partial charge in [-0.25, -0.2) is 8.42 Å². The van der Waals surface area contributed by atoms with Crippen LogP contribution in [0.15, 0.2) is 0 Å². The third kappa shape index (κ3) is 2.89. The molecule has 1 aliphatic heterocycles. The van der Waals surface area contributed by atoms with Crippen LogP contribution >= 0.6 is 0 Å². The van der Waals surface area contributed by atoms with E-state index in [2.05, 4.69) is 12.2 Å². The van der Waals surface area contributed by atoms with Gasteiger partial charge in [0.05, 0.1) is 16.6 Å². The fraction of sp³-hybridized carbons (Fsp3) is 1.00. The van der Waals surface area contributed by atoms with E-state index >= 15 is 0 Å². The van der Waals surface area contributed by atoms with E-state index in [9.17, 15) is 8.42 Å². The van der Waals surface area contributed by atoms with Crippen molar-refractivity contribution in [3.8, 4) is 0 Å². The average Bonchev–Trinajstić information content (AvgIpc) is 2.77. The van der Waals surface area contributed by atoms with Gasteiger partial charge in [-0.15, -0.1) is 0 Å². The van der Waals surface area contributed by atoms with Gasteiger partial charge >= 0.3 is 0 Å². The zero-order valence-electron chi connectivity index (χ0n) is 11.4. The number of sulfone groups is 1. The molecule has 5 heteroatoms. The Labute approximate surface area is 110 Å². The van der Waals surface area contributed by atoms with Gasteiger partial charge in [0.1, 0.15) is 0 Å². The number of nitrogens with one attached hydrogen (secondary N) is 1. The number of ether oxygens (including phenoxy) is 1. The van der Waals surface area contributed by atoms with Gasteiger partial charge in [0.2, 0.25) is 0 Å². The Bertz CT molecular complexity index is 366. The Balaban J connectivity index is 2.05. The summed E-state index contributed by atoms with van der Waals surface area (Å²) in [5, 5.41) is 2.95. The molecule has 2 fully saturated rings. The SMILES string of the molecule is CCNC1CCCC(S(=O)(=O)C2CCOC2C)C1. The third-order valence-corrected chi connectivity index (χ3v) is 7.13. The lowest BCUT2D eigenvalue weighted by Crippen LogP contribution is -2.43. The minimum atomic E-state index is -3.03. The van der Waals surface area contributed by atoms with Crippen molar-refractivity contribution in [2.75, 3.05) is 13.2 Å². The number of rotatable bonds is 4. The van der Waals surface area contributed by atoms with E-state index in [1.54, 1.807) is 0 Å². The molecule has 0 aromatic carbocycles. The summed E-state index contributed by atoms with van der Waals surface area (Å²) in [7, 11) is -3.03. The fourth-order valence-electron chi connectivity index (χ4n) is 3.31. The van der Waals surface area contributed by atoms with Crippen molar-refractivity contribution in [1.82, 2.24) is 5.32 Å². The first-order chi connectivity index (χ1) is 8.55. The number of hydrogen-bond donors (Lipinski definition) is 1. The van der Waals surface area contributed by atoms with Crippen LogP contribution < -0.4 is 5.32 Å². The first kappa shape index (κ1) is 14.3. The normalized spacial score (nSPS) is 37.9. The van der Waals surface area contributed by atoms with Gasteiger partial charge in [0, 0.05) is 12.6 Å². The predicted molar refractivity (Wildman–Crippen MR) is 72.5 cm³/mol. The topological polar surface area (TPSA) is 55.4 Å². The van der Waals surface area contributed by atoms with Gasteiger partial charge in [-0.3, -0.25) is 0 Å². The molecule has 18 heavy (non-hydrogen) atoms. The molecule has 0 amide bonds. The van der Waals surface area contributed by atoms with Crippen LogP contribution in [-0.2, 0) is 14.6 Å². The maximum Gasteiger partial charge on any atom is 0.158 e. The Morgan fingerprint density at radius 2 is 2.06 bits per heavy atom. The Hall–Kier alpha value is -0.130. The highest BCUT2D eigenvalue weighted by Gasteiger charge is 2.42. The van der Waals surface area contributed by atoms with Gasteiger partial charge in [0.15, 0.2) is 9.84 Å². The Morgan fingerprint density at radius 3 is 2.67 bits per heavy atom. The van der Waals surface area contributed by atoms with Crippen molar-refractivity contribution < 1.29 is 13.2 Å². The van der Waals surface area contributed by atoms with E-state index in [0.29, 0.717) is 19.1 Å². The summed E-state index contributed by atoms with van der Waals surface area (Å²) in [5.41, 5.74) is 0. The van der Waals surface area contributed by atoms with Gasteiger partial charge in [-0.2, -0.15) is 0 Å². The fourth-order valence-corrected chi connectivity index (χ4v) is 5.84. The molecule has 4 nitrogen and oxygen atoms in total. The van der Waals surface area contributed by atoms with Crippen LogP contribution in [-0.4, -0.2) is 44.2 Å². The minimum Gasteiger partial charge on any atom is -0.377 e. The number of hydrogen-bond acceptors (Lipinski definition) is 4. The van der Waals surface area contributed by atoms with Crippen LogP contribution in [0.3, 0.4) is 0 Å². The van der Waals surface area contributed by atoms with Gasteiger partial charge in [-0.1, -0.05) is 13.3 Å². The molecule has 0 aromatic rings. The summed E-state index contributed by atoms with van der Waals surface area (Å²) < 4.78 is 30.7. The van der Waals surface area contributed by atoms with Crippen LogP contribution in [0.25, 0.3) is 0 Å². The molecule has 4 unspecified atom stereocenters. The van der Waals surface area contributed by atoms with Gasteiger partial charge in [-0.05, 0) is 39.2 Å². The molecule has 1 heterocycles. The summed E-state index contributed by atoms with van der Waals surface area (Å²) in [6, 6.07) is 0.376. The summed E-state index contributed by atoms with van der Waals surface area (Å²) in [6.07, 6.45) is 4.27. The molecule has 0 bridgehead atoms. The highest BCUT2D eigenvalue weighted by atomic mass is 32.2. The zero-order valence-corrected chi connectivity index (χ0v) is 12.2. The lowest BCUT2D eigenvalue weighted by Gasteiger charge is -2.31. The molecule has 106 valence electrons. The second-order valence-corrected chi connectivity index (χ2v) is 7.99. The zero-order chi connectivity index (χ0) is 13.2. The van der Waals surface area contributed by atoms with Crippen LogP contribution in [0.5, 0.6) is 0 Å². The van der Waals surface area contributed by atoms with Crippen molar-refractivity contribution in [1.29, 1.82) is 0 Å². The van der Waals surface area contributed by atoms with Crippen LogP contribution in [0.2, 0.25) is 0 Å². The highest BCUT2D eigenvalue weighted by molar-refractivity contribution is 7.92. The lowest BCUT2D eigenvalue weighted by molar-refractivity contribution is 0.126. The smallest absolute Gasteiger partial charge is 0.158 e. The molecular formula is C13H25NO3S. The molecule has 2 rings (SSSR count). The van der Waals surface area contributed by atoms with Crippen molar-refractivity contribution >= 4 is 9.84 Å². The van der Waals surface area contributed by atoms with Crippen molar-refractivity contribution in [3.05, 3.63) is 0 Å². The average molecular weight is 275 g/mol. The molecule has 0 radical (unpaired) electrons. The second kappa shape index (κ2) is 5.88.